The molecule has 0 saturated carbocycles. The molecule has 2 aromatic heterocycles. The third kappa shape index (κ3) is 5.45. The van der Waals surface area contributed by atoms with E-state index in [1.54, 1.807) is 42.5 Å². The number of carbonyl (C=O) groups is 2. The summed E-state index contributed by atoms with van der Waals surface area (Å²) in [6, 6.07) is 12.1. The maximum Gasteiger partial charge on any atom is 0.259 e. The third-order valence-corrected chi connectivity index (χ3v) is 5.55. The number of anilines is 2. The van der Waals surface area contributed by atoms with E-state index in [9.17, 15) is 14.0 Å². The van der Waals surface area contributed by atoms with Crippen molar-refractivity contribution in [3.05, 3.63) is 93.6 Å². The highest BCUT2D eigenvalue weighted by Crippen LogP contribution is 2.23. The first kappa shape index (κ1) is 22.2. The second-order valence-corrected chi connectivity index (χ2v) is 8.23. The van der Waals surface area contributed by atoms with Crippen LogP contribution in [0.15, 0.2) is 64.6 Å². The van der Waals surface area contributed by atoms with Gasteiger partial charge in [-0.3, -0.25) is 9.59 Å². The summed E-state index contributed by atoms with van der Waals surface area (Å²) >= 11 is 1.54. The van der Waals surface area contributed by atoms with Crippen LogP contribution in [-0.2, 0) is 6.61 Å². The van der Waals surface area contributed by atoms with Crippen LogP contribution in [0.2, 0.25) is 0 Å². The smallest absolute Gasteiger partial charge is 0.259 e. The van der Waals surface area contributed by atoms with Gasteiger partial charge in [0.2, 0.25) is 0 Å². The monoisotopic (exact) mass is 465 g/mol. The third-order valence-electron chi connectivity index (χ3n) is 4.73. The fraction of sp³-hybridized carbons (Fsp3) is 0.125. The molecular weight excluding hydrogens is 445 g/mol. The van der Waals surface area contributed by atoms with Crippen molar-refractivity contribution < 1.29 is 23.1 Å². The molecule has 2 N–H and O–H groups in total. The van der Waals surface area contributed by atoms with Crippen molar-refractivity contribution in [1.82, 2.24) is 4.98 Å². The molecule has 0 saturated heterocycles. The van der Waals surface area contributed by atoms with Gasteiger partial charge in [-0.15, -0.1) is 11.3 Å². The Morgan fingerprint density at radius 3 is 2.67 bits per heavy atom. The zero-order valence-corrected chi connectivity index (χ0v) is 18.7. The maximum absolute atomic E-state index is 14.2. The van der Waals surface area contributed by atoms with Gasteiger partial charge in [0, 0.05) is 16.6 Å². The molecular formula is C24H20FN3O4S. The number of furan rings is 1. The van der Waals surface area contributed by atoms with Crippen LogP contribution < -0.4 is 15.4 Å². The molecule has 7 nitrogen and oxygen atoms in total. The van der Waals surface area contributed by atoms with Crippen molar-refractivity contribution in [3.63, 3.8) is 0 Å². The minimum Gasteiger partial charge on any atom is -0.487 e. The van der Waals surface area contributed by atoms with Crippen LogP contribution in [-0.4, -0.2) is 16.8 Å². The van der Waals surface area contributed by atoms with Gasteiger partial charge in [0.05, 0.1) is 28.2 Å². The number of rotatable bonds is 7. The van der Waals surface area contributed by atoms with Crippen molar-refractivity contribution in [2.24, 2.45) is 0 Å². The normalized spacial score (nSPS) is 10.6. The van der Waals surface area contributed by atoms with E-state index < -0.39 is 17.6 Å². The standard InChI is InChI=1S/C24H20FN3O4S/c1-14-20(8-9-31-14)24(30)28-22-11-17(6-7-21(22)25)27-23(29)16-4-3-5-19(10-16)32-12-18-13-33-15(2)26-18/h3-11,13H,12H2,1-2H3,(H,27,29)(H,28,30). The average Bonchev–Trinajstić information content (AvgIpc) is 3.42. The molecule has 0 bridgehead atoms. The van der Waals surface area contributed by atoms with E-state index in [1.165, 1.54) is 30.5 Å². The molecule has 0 fully saturated rings. The highest BCUT2D eigenvalue weighted by molar-refractivity contribution is 7.09. The number of ether oxygens (including phenoxy) is 1. The van der Waals surface area contributed by atoms with Crippen LogP contribution in [0.25, 0.3) is 0 Å². The Labute approximate surface area is 193 Å². The summed E-state index contributed by atoms with van der Waals surface area (Å²) in [4.78, 5) is 29.4. The van der Waals surface area contributed by atoms with Gasteiger partial charge in [-0.05, 0) is 56.3 Å². The van der Waals surface area contributed by atoms with Gasteiger partial charge in [-0.25, -0.2) is 9.37 Å². The number of benzene rings is 2. The van der Waals surface area contributed by atoms with E-state index in [2.05, 4.69) is 15.6 Å². The molecule has 0 spiro atoms. The van der Waals surface area contributed by atoms with Gasteiger partial charge in [0.15, 0.2) is 0 Å². The SMILES string of the molecule is Cc1nc(COc2cccc(C(=O)Nc3ccc(F)c(NC(=O)c4ccoc4C)c3)c2)cs1. The van der Waals surface area contributed by atoms with E-state index in [0.29, 0.717) is 34.9 Å². The second kappa shape index (κ2) is 9.66. The molecule has 0 unspecified atom stereocenters. The van der Waals surface area contributed by atoms with Gasteiger partial charge in [-0.2, -0.15) is 0 Å². The highest BCUT2D eigenvalue weighted by atomic mass is 32.1. The molecule has 0 aliphatic carbocycles. The van der Waals surface area contributed by atoms with Gasteiger partial charge in [0.25, 0.3) is 11.8 Å². The fourth-order valence-electron chi connectivity index (χ4n) is 3.07. The van der Waals surface area contributed by atoms with E-state index in [1.807, 2.05) is 12.3 Å². The summed E-state index contributed by atoms with van der Waals surface area (Å²) < 4.78 is 25.1. The summed E-state index contributed by atoms with van der Waals surface area (Å²) in [6.07, 6.45) is 1.38. The van der Waals surface area contributed by atoms with Gasteiger partial charge in [0.1, 0.15) is 23.9 Å². The van der Waals surface area contributed by atoms with E-state index in [4.69, 9.17) is 9.15 Å². The molecule has 168 valence electrons. The first-order chi connectivity index (χ1) is 15.9. The Hall–Kier alpha value is -3.98. The topological polar surface area (TPSA) is 93.5 Å². The second-order valence-electron chi connectivity index (χ2n) is 7.17. The molecule has 0 aliphatic rings. The molecule has 2 aromatic carbocycles. The van der Waals surface area contributed by atoms with E-state index >= 15 is 0 Å². The Kier molecular flexibility index (Phi) is 6.50. The maximum atomic E-state index is 14.2. The zero-order valence-electron chi connectivity index (χ0n) is 17.8. The number of hydrogen-bond acceptors (Lipinski definition) is 6. The number of amides is 2. The lowest BCUT2D eigenvalue weighted by atomic mass is 10.2. The molecule has 0 atom stereocenters. The van der Waals surface area contributed by atoms with Gasteiger partial charge in [-0.1, -0.05) is 6.07 Å². The van der Waals surface area contributed by atoms with Crippen molar-refractivity contribution in [1.29, 1.82) is 0 Å². The number of nitrogens with one attached hydrogen (secondary N) is 2. The Balaban J connectivity index is 1.43. The van der Waals surface area contributed by atoms with E-state index in [0.717, 1.165) is 10.7 Å². The first-order valence-electron chi connectivity index (χ1n) is 9.99. The summed E-state index contributed by atoms with van der Waals surface area (Å²) in [7, 11) is 0. The minimum absolute atomic E-state index is 0.0611. The predicted molar refractivity (Wildman–Crippen MR) is 123 cm³/mol. The Morgan fingerprint density at radius 1 is 1.09 bits per heavy atom. The molecule has 2 heterocycles. The number of aryl methyl sites for hydroxylation is 2. The van der Waals surface area contributed by atoms with Crippen LogP contribution in [0.4, 0.5) is 15.8 Å². The summed E-state index contributed by atoms with van der Waals surface area (Å²) in [5.41, 5.74) is 1.75. The zero-order chi connectivity index (χ0) is 23.4. The van der Waals surface area contributed by atoms with Crippen molar-refractivity contribution >= 4 is 34.5 Å². The number of thiazole rings is 1. The molecule has 2 amide bonds. The average molecular weight is 466 g/mol. The first-order valence-corrected chi connectivity index (χ1v) is 10.9. The number of nitrogens with zero attached hydrogens (tertiary/aromatic N) is 1. The number of hydrogen-bond donors (Lipinski definition) is 2. The molecule has 9 heteroatoms. The van der Waals surface area contributed by atoms with Crippen LogP contribution in [0.1, 0.15) is 37.2 Å². The predicted octanol–water partition coefficient (Wildman–Crippen LogP) is 5.58. The minimum atomic E-state index is -0.629. The quantitative estimate of drug-likeness (QED) is 0.372. The van der Waals surface area contributed by atoms with Gasteiger partial charge < -0.3 is 19.8 Å². The van der Waals surface area contributed by atoms with Crippen molar-refractivity contribution in [3.8, 4) is 5.75 Å². The molecule has 4 aromatic rings. The fourth-order valence-corrected chi connectivity index (χ4v) is 3.67. The number of aromatic nitrogens is 1. The molecule has 4 rings (SSSR count). The van der Waals surface area contributed by atoms with E-state index in [-0.39, 0.29) is 5.69 Å². The van der Waals surface area contributed by atoms with Crippen molar-refractivity contribution in [2.45, 2.75) is 20.5 Å². The Bertz CT molecular complexity index is 1310. The summed E-state index contributed by atoms with van der Waals surface area (Å²) in [6.45, 7) is 3.86. The lowest BCUT2D eigenvalue weighted by Gasteiger charge is -2.11. The van der Waals surface area contributed by atoms with Crippen LogP contribution in [0.5, 0.6) is 5.75 Å². The Morgan fingerprint density at radius 2 is 1.94 bits per heavy atom. The molecule has 33 heavy (non-hydrogen) atoms. The van der Waals surface area contributed by atoms with Gasteiger partial charge >= 0.3 is 0 Å². The lowest BCUT2D eigenvalue weighted by Crippen LogP contribution is -2.15. The van der Waals surface area contributed by atoms with Crippen LogP contribution >= 0.6 is 11.3 Å². The summed E-state index contributed by atoms with van der Waals surface area (Å²) in [5, 5.41) is 8.08. The highest BCUT2D eigenvalue weighted by Gasteiger charge is 2.15. The summed E-state index contributed by atoms with van der Waals surface area (Å²) in [5.74, 6) is -0.598. The number of carbonyl (C=O) groups excluding carboxylic acids is 2. The van der Waals surface area contributed by atoms with Crippen LogP contribution in [0.3, 0.4) is 0 Å². The largest absolute Gasteiger partial charge is 0.487 e. The number of halogens is 1. The lowest BCUT2D eigenvalue weighted by molar-refractivity contribution is 0.101. The molecule has 0 radical (unpaired) electrons. The molecule has 0 aliphatic heterocycles. The van der Waals surface area contributed by atoms with Crippen molar-refractivity contribution in [2.75, 3.05) is 10.6 Å². The van der Waals surface area contributed by atoms with Crippen LogP contribution in [0, 0.1) is 19.7 Å².